The summed E-state index contributed by atoms with van der Waals surface area (Å²) in [5, 5.41) is 12.9. The molecule has 0 saturated carbocycles. The summed E-state index contributed by atoms with van der Waals surface area (Å²) in [6.07, 6.45) is 6.59. The minimum atomic E-state index is -0.907. The Morgan fingerprint density at radius 1 is 1.59 bits per heavy atom. The first-order chi connectivity index (χ1) is 8.22. The van der Waals surface area contributed by atoms with Gasteiger partial charge in [-0.3, -0.25) is 4.79 Å². The van der Waals surface area contributed by atoms with Crippen molar-refractivity contribution in [3.63, 3.8) is 0 Å². The van der Waals surface area contributed by atoms with Crippen LogP contribution in [0.2, 0.25) is 0 Å². The Bertz CT molecular complexity index is 549. The van der Waals surface area contributed by atoms with Gasteiger partial charge in [0.15, 0.2) is 5.82 Å². The molecule has 1 N–H and O–H groups in total. The van der Waals surface area contributed by atoms with Gasteiger partial charge in [0.25, 0.3) is 0 Å². The SMILES string of the molecule is C=CCN(CC(=O)O)c1nccn2nccc12. The molecule has 0 saturated heterocycles. The second-order valence-electron chi connectivity index (χ2n) is 3.47. The van der Waals surface area contributed by atoms with Crippen LogP contribution in [0.3, 0.4) is 0 Å². The predicted octanol–water partition coefficient (Wildman–Crippen LogP) is 0.806. The zero-order valence-corrected chi connectivity index (χ0v) is 9.15. The van der Waals surface area contributed by atoms with E-state index < -0.39 is 5.97 Å². The van der Waals surface area contributed by atoms with Gasteiger partial charge in [-0.25, -0.2) is 9.50 Å². The molecular formula is C11H12N4O2. The van der Waals surface area contributed by atoms with Crippen LogP contribution in [-0.2, 0) is 4.79 Å². The molecule has 17 heavy (non-hydrogen) atoms. The molecular weight excluding hydrogens is 220 g/mol. The van der Waals surface area contributed by atoms with E-state index in [1.807, 2.05) is 0 Å². The lowest BCUT2D eigenvalue weighted by Crippen LogP contribution is -2.30. The summed E-state index contributed by atoms with van der Waals surface area (Å²) in [6.45, 7) is 3.92. The van der Waals surface area contributed by atoms with Crippen LogP contribution >= 0.6 is 0 Å². The fourth-order valence-corrected chi connectivity index (χ4v) is 1.63. The van der Waals surface area contributed by atoms with E-state index in [0.29, 0.717) is 12.4 Å². The molecule has 88 valence electrons. The first-order valence-corrected chi connectivity index (χ1v) is 5.08. The highest BCUT2D eigenvalue weighted by Crippen LogP contribution is 2.17. The summed E-state index contributed by atoms with van der Waals surface area (Å²) in [4.78, 5) is 16.6. The monoisotopic (exact) mass is 232 g/mol. The third kappa shape index (κ3) is 2.25. The molecule has 6 nitrogen and oxygen atoms in total. The average Bonchev–Trinajstić information content (AvgIpc) is 2.75. The first kappa shape index (κ1) is 11.1. The van der Waals surface area contributed by atoms with Crippen molar-refractivity contribution < 1.29 is 9.90 Å². The Balaban J connectivity index is 2.43. The third-order valence-corrected chi connectivity index (χ3v) is 2.28. The predicted molar refractivity (Wildman–Crippen MR) is 63.0 cm³/mol. The van der Waals surface area contributed by atoms with Gasteiger partial charge in [0.05, 0.1) is 6.20 Å². The highest BCUT2D eigenvalue weighted by molar-refractivity contribution is 5.77. The van der Waals surface area contributed by atoms with E-state index in [9.17, 15) is 4.79 Å². The van der Waals surface area contributed by atoms with Gasteiger partial charge in [-0.2, -0.15) is 5.10 Å². The van der Waals surface area contributed by atoms with E-state index >= 15 is 0 Å². The van der Waals surface area contributed by atoms with Crippen molar-refractivity contribution >= 4 is 17.3 Å². The molecule has 0 atom stereocenters. The van der Waals surface area contributed by atoms with Gasteiger partial charge in [0.2, 0.25) is 0 Å². The van der Waals surface area contributed by atoms with Crippen LogP contribution in [0.1, 0.15) is 0 Å². The van der Waals surface area contributed by atoms with Gasteiger partial charge in [0, 0.05) is 18.9 Å². The molecule has 0 radical (unpaired) electrons. The molecule has 0 aliphatic rings. The van der Waals surface area contributed by atoms with Crippen molar-refractivity contribution in [2.45, 2.75) is 0 Å². The zero-order valence-electron chi connectivity index (χ0n) is 9.15. The largest absolute Gasteiger partial charge is 0.480 e. The number of anilines is 1. The van der Waals surface area contributed by atoms with Crippen molar-refractivity contribution in [1.82, 2.24) is 14.6 Å². The van der Waals surface area contributed by atoms with Gasteiger partial charge < -0.3 is 10.0 Å². The fourth-order valence-electron chi connectivity index (χ4n) is 1.63. The minimum Gasteiger partial charge on any atom is -0.480 e. The van der Waals surface area contributed by atoms with E-state index in [1.165, 1.54) is 0 Å². The fraction of sp³-hybridized carbons (Fsp3) is 0.182. The molecule has 2 aromatic rings. The first-order valence-electron chi connectivity index (χ1n) is 5.08. The number of aliphatic carboxylic acids is 1. The molecule has 0 aliphatic heterocycles. The molecule has 2 aromatic heterocycles. The number of carboxylic acids is 1. The molecule has 0 aliphatic carbocycles. The van der Waals surface area contributed by atoms with E-state index in [4.69, 9.17) is 5.11 Å². The molecule has 2 rings (SSSR count). The molecule has 0 amide bonds. The number of nitrogens with zero attached hydrogens (tertiary/aromatic N) is 4. The Morgan fingerprint density at radius 3 is 3.12 bits per heavy atom. The topological polar surface area (TPSA) is 70.7 Å². The van der Waals surface area contributed by atoms with Gasteiger partial charge in [0.1, 0.15) is 12.1 Å². The number of hydrogen-bond acceptors (Lipinski definition) is 4. The van der Waals surface area contributed by atoms with Gasteiger partial charge in [-0.1, -0.05) is 6.08 Å². The normalized spacial score (nSPS) is 10.4. The van der Waals surface area contributed by atoms with Crippen LogP contribution in [0.25, 0.3) is 5.52 Å². The van der Waals surface area contributed by atoms with E-state index in [0.717, 1.165) is 5.52 Å². The summed E-state index contributed by atoms with van der Waals surface area (Å²) < 4.78 is 1.65. The van der Waals surface area contributed by atoms with Gasteiger partial charge in [-0.05, 0) is 6.07 Å². The lowest BCUT2D eigenvalue weighted by atomic mass is 10.4. The molecule has 6 heteroatoms. The molecule has 0 fully saturated rings. The lowest BCUT2D eigenvalue weighted by molar-refractivity contribution is -0.135. The molecule has 0 spiro atoms. The van der Waals surface area contributed by atoms with Crippen molar-refractivity contribution in [3.8, 4) is 0 Å². The van der Waals surface area contributed by atoms with Gasteiger partial charge in [-0.15, -0.1) is 6.58 Å². The maximum atomic E-state index is 10.8. The maximum absolute atomic E-state index is 10.8. The van der Waals surface area contributed by atoms with Crippen LogP contribution in [0.5, 0.6) is 0 Å². The van der Waals surface area contributed by atoms with E-state index in [1.54, 1.807) is 40.1 Å². The number of carbonyl (C=O) groups is 1. The van der Waals surface area contributed by atoms with Crippen LogP contribution in [0.15, 0.2) is 37.3 Å². The van der Waals surface area contributed by atoms with Crippen LogP contribution in [0.4, 0.5) is 5.82 Å². The Morgan fingerprint density at radius 2 is 2.41 bits per heavy atom. The quantitative estimate of drug-likeness (QED) is 0.772. The van der Waals surface area contributed by atoms with Crippen LogP contribution in [0, 0.1) is 0 Å². The van der Waals surface area contributed by atoms with E-state index in [-0.39, 0.29) is 6.54 Å². The summed E-state index contributed by atoms with van der Waals surface area (Å²) in [7, 11) is 0. The molecule has 0 unspecified atom stereocenters. The minimum absolute atomic E-state index is 0.121. The number of carboxylic acid groups (broad SMARTS) is 1. The highest BCUT2D eigenvalue weighted by atomic mass is 16.4. The number of aromatic nitrogens is 3. The van der Waals surface area contributed by atoms with Crippen molar-refractivity contribution in [1.29, 1.82) is 0 Å². The third-order valence-electron chi connectivity index (χ3n) is 2.28. The van der Waals surface area contributed by atoms with Crippen molar-refractivity contribution in [3.05, 3.63) is 37.3 Å². The molecule has 0 bridgehead atoms. The number of hydrogen-bond donors (Lipinski definition) is 1. The Labute approximate surface area is 97.8 Å². The van der Waals surface area contributed by atoms with Crippen molar-refractivity contribution in [2.24, 2.45) is 0 Å². The summed E-state index contributed by atoms with van der Waals surface area (Å²) in [6, 6.07) is 1.79. The standard InChI is InChI=1S/C11H12N4O2/c1-2-6-14(8-10(16)17)11-9-3-4-13-15(9)7-5-12-11/h2-5,7H,1,6,8H2,(H,16,17). The van der Waals surface area contributed by atoms with Crippen LogP contribution < -0.4 is 4.90 Å². The average molecular weight is 232 g/mol. The summed E-state index contributed by atoms with van der Waals surface area (Å²) in [5.41, 5.74) is 0.774. The lowest BCUT2D eigenvalue weighted by Gasteiger charge is -2.20. The Kier molecular flexibility index (Phi) is 3.04. The number of fused-ring (bicyclic) bond motifs is 1. The second kappa shape index (κ2) is 4.65. The Hall–Kier alpha value is -2.37. The summed E-state index contributed by atoms with van der Waals surface area (Å²) >= 11 is 0. The summed E-state index contributed by atoms with van der Waals surface area (Å²) in [5.74, 6) is -0.317. The highest BCUT2D eigenvalue weighted by Gasteiger charge is 2.14. The second-order valence-corrected chi connectivity index (χ2v) is 3.47. The maximum Gasteiger partial charge on any atom is 0.323 e. The van der Waals surface area contributed by atoms with E-state index in [2.05, 4.69) is 16.7 Å². The van der Waals surface area contributed by atoms with Gasteiger partial charge >= 0.3 is 5.97 Å². The van der Waals surface area contributed by atoms with Crippen LogP contribution in [-0.4, -0.2) is 38.8 Å². The zero-order chi connectivity index (χ0) is 12.3. The molecule has 2 heterocycles. The van der Waals surface area contributed by atoms with Crippen molar-refractivity contribution in [2.75, 3.05) is 18.0 Å². The number of rotatable bonds is 5. The smallest absolute Gasteiger partial charge is 0.323 e. The molecule has 0 aromatic carbocycles.